The number of hydrogen-bond donors (Lipinski definition) is 1. The molecule has 3 rings (SSSR count). The van der Waals surface area contributed by atoms with Crippen molar-refractivity contribution in [2.45, 2.75) is 51.6 Å². The summed E-state index contributed by atoms with van der Waals surface area (Å²) in [5.41, 5.74) is 1.28. The lowest BCUT2D eigenvalue weighted by atomic mass is 9.72. The molecule has 0 aliphatic carbocycles. The summed E-state index contributed by atoms with van der Waals surface area (Å²) in [5, 5.41) is 12.2. The van der Waals surface area contributed by atoms with Gasteiger partial charge in [-0.05, 0) is 68.5 Å². The van der Waals surface area contributed by atoms with Gasteiger partial charge in [-0.3, -0.25) is 0 Å². The number of ether oxygens (including phenoxy) is 1. The predicted octanol–water partition coefficient (Wildman–Crippen LogP) is 5.20. The number of nitrogens with zero attached hydrogens (tertiary/aromatic N) is 1. The molecule has 1 aliphatic rings. The van der Waals surface area contributed by atoms with Gasteiger partial charge in [-0.2, -0.15) is 0 Å². The van der Waals surface area contributed by atoms with Crippen molar-refractivity contribution in [2.75, 3.05) is 26.2 Å². The summed E-state index contributed by atoms with van der Waals surface area (Å²) in [7, 11) is 0. The van der Waals surface area contributed by atoms with E-state index in [1.54, 1.807) is 0 Å². The zero-order chi connectivity index (χ0) is 20.0. The van der Waals surface area contributed by atoms with Crippen LogP contribution in [-0.2, 0) is 5.60 Å². The van der Waals surface area contributed by atoms with Gasteiger partial charge in [0.25, 0.3) is 0 Å². The summed E-state index contributed by atoms with van der Waals surface area (Å²) in [5.74, 6) is 1.28. The summed E-state index contributed by atoms with van der Waals surface area (Å²) < 4.78 is 5.62. The van der Waals surface area contributed by atoms with E-state index in [-0.39, 0.29) is 5.92 Å². The van der Waals surface area contributed by atoms with Gasteiger partial charge in [-0.1, -0.05) is 56.3 Å². The fourth-order valence-corrected chi connectivity index (χ4v) is 4.53. The summed E-state index contributed by atoms with van der Waals surface area (Å²) >= 11 is 0. The van der Waals surface area contributed by atoms with E-state index in [0.29, 0.717) is 12.5 Å². The zero-order valence-electron chi connectivity index (χ0n) is 17.6. The highest BCUT2D eigenvalue weighted by Crippen LogP contribution is 2.43. The molecule has 2 aromatic rings. The summed E-state index contributed by atoms with van der Waals surface area (Å²) in [6.45, 7) is 10.2. The minimum absolute atomic E-state index is 0.0344. The highest BCUT2D eigenvalue weighted by Gasteiger charge is 2.41. The van der Waals surface area contributed by atoms with Crippen LogP contribution >= 0.6 is 0 Å². The minimum Gasteiger partial charge on any atom is -0.494 e. The van der Waals surface area contributed by atoms with E-state index in [1.807, 2.05) is 31.2 Å². The van der Waals surface area contributed by atoms with E-state index >= 15 is 0 Å². The Morgan fingerprint density at radius 2 is 1.64 bits per heavy atom. The molecule has 1 aliphatic heterocycles. The van der Waals surface area contributed by atoms with Gasteiger partial charge in [0, 0.05) is 12.5 Å². The number of hydrogen-bond acceptors (Lipinski definition) is 3. The first kappa shape index (κ1) is 20.9. The molecule has 0 radical (unpaired) electrons. The van der Waals surface area contributed by atoms with Crippen LogP contribution in [0.3, 0.4) is 0 Å². The third-order valence-electron chi connectivity index (χ3n) is 5.80. The maximum atomic E-state index is 12.2. The van der Waals surface area contributed by atoms with Gasteiger partial charge >= 0.3 is 0 Å². The normalized spacial score (nSPS) is 18.2. The molecule has 0 unspecified atom stereocenters. The van der Waals surface area contributed by atoms with E-state index in [9.17, 15) is 5.11 Å². The van der Waals surface area contributed by atoms with E-state index in [2.05, 4.69) is 49.1 Å². The van der Waals surface area contributed by atoms with Crippen LogP contribution in [0, 0.1) is 5.92 Å². The molecule has 1 N–H and O–H groups in total. The largest absolute Gasteiger partial charge is 0.494 e. The van der Waals surface area contributed by atoms with Gasteiger partial charge in [0.15, 0.2) is 0 Å². The molecule has 0 spiro atoms. The first-order chi connectivity index (χ1) is 13.5. The molecule has 0 bridgehead atoms. The Bertz CT molecular complexity index is 707. The van der Waals surface area contributed by atoms with Crippen LogP contribution in [-0.4, -0.2) is 36.2 Å². The Balaban J connectivity index is 2.00. The highest BCUT2D eigenvalue weighted by molar-refractivity contribution is 5.35. The topological polar surface area (TPSA) is 32.7 Å². The second-order valence-corrected chi connectivity index (χ2v) is 8.45. The van der Waals surface area contributed by atoms with E-state index < -0.39 is 5.60 Å². The SMILES string of the molecule is CCOc1ccc([C@](O)(CC(C)C)[C@H](CN2CCCC2)c2ccccc2)cc1. The molecular formula is C25H35NO2. The predicted molar refractivity (Wildman–Crippen MR) is 116 cm³/mol. The van der Waals surface area contributed by atoms with Gasteiger partial charge in [-0.15, -0.1) is 0 Å². The van der Waals surface area contributed by atoms with E-state index in [4.69, 9.17) is 4.74 Å². The van der Waals surface area contributed by atoms with E-state index in [1.165, 1.54) is 18.4 Å². The van der Waals surface area contributed by atoms with Crippen molar-refractivity contribution in [2.24, 2.45) is 5.92 Å². The maximum absolute atomic E-state index is 12.2. The van der Waals surface area contributed by atoms with Gasteiger partial charge in [0.05, 0.1) is 12.2 Å². The molecule has 28 heavy (non-hydrogen) atoms. The summed E-state index contributed by atoms with van der Waals surface area (Å²) in [6, 6.07) is 18.6. The van der Waals surface area contributed by atoms with Crippen LogP contribution in [0.2, 0.25) is 0 Å². The maximum Gasteiger partial charge on any atom is 0.119 e. The van der Waals surface area contributed by atoms with Crippen LogP contribution < -0.4 is 4.74 Å². The standard InChI is InChI=1S/C25H35NO2/c1-4-28-23-14-12-22(13-15-23)25(27,18-20(2)3)24(19-26-16-8-9-17-26)21-10-6-5-7-11-21/h5-7,10-15,20,24,27H,4,8-9,16-19H2,1-3H3/t24-,25-/m1/s1. The van der Waals surface area contributed by atoms with Crippen molar-refractivity contribution in [1.82, 2.24) is 4.90 Å². The fourth-order valence-electron chi connectivity index (χ4n) is 4.53. The average Bonchev–Trinajstić information content (AvgIpc) is 3.20. The van der Waals surface area contributed by atoms with Crippen molar-refractivity contribution in [3.63, 3.8) is 0 Å². The fraction of sp³-hybridized carbons (Fsp3) is 0.520. The number of benzene rings is 2. The van der Waals surface area contributed by atoms with Gasteiger partial charge < -0.3 is 14.7 Å². The molecule has 3 nitrogen and oxygen atoms in total. The number of rotatable bonds is 9. The van der Waals surface area contributed by atoms with E-state index in [0.717, 1.165) is 37.4 Å². The van der Waals surface area contributed by atoms with Gasteiger partial charge in [0.2, 0.25) is 0 Å². The molecule has 1 saturated heterocycles. The Kier molecular flexibility index (Phi) is 7.14. The second kappa shape index (κ2) is 9.58. The average molecular weight is 382 g/mol. The first-order valence-corrected chi connectivity index (χ1v) is 10.8. The summed E-state index contributed by atoms with van der Waals surface area (Å²) in [6.07, 6.45) is 3.24. The molecule has 0 saturated carbocycles. The molecule has 152 valence electrons. The van der Waals surface area contributed by atoms with Crippen LogP contribution in [0.1, 0.15) is 57.1 Å². The van der Waals surface area contributed by atoms with Crippen LogP contribution in [0.5, 0.6) is 5.75 Å². The molecule has 0 amide bonds. The first-order valence-electron chi connectivity index (χ1n) is 10.8. The quantitative estimate of drug-likeness (QED) is 0.648. The molecule has 0 aromatic heterocycles. The van der Waals surface area contributed by atoms with Crippen molar-refractivity contribution >= 4 is 0 Å². The van der Waals surface area contributed by atoms with Crippen molar-refractivity contribution in [3.8, 4) is 5.75 Å². The van der Waals surface area contributed by atoms with Gasteiger partial charge in [-0.25, -0.2) is 0 Å². The summed E-state index contributed by atoms with van der Waals surface area (Å²) in [4.78, 5) is 2.51. The number of aliphatic hydroxyl groups is 1. The molecule has 2 aromatic carbocycles. The smallest absolute Gasteiger partial charge is 0.119 e. The third-order valence-corrected chi connectivity index (χ3v) is 5.80. The van der Waals surface area contributed by atoms with Crippen LogP contribution in [0.25, 0.3) is 0 Å². The zero-order valence-corrected chi connectivity index (χ0v) is 17.6. The Morgan fingerprint density at radius 3 is 2.21 bits per heavy atom. The minimum atomic E-state index is -0.914. The lowest BCUT2D eigenvalue weighted by molar-refractivity contribution is -0.0214. The van der Waals surface area contributed by atoms with Crippen molar-refractivity contribution < 1.29 is 9.84 Å². The van der Waals surface area contributed by atoms with Crippen molar-refractivity contribution in [1.29, 1.82) is 0 Å². The Hall–Kier alpha value is -1.84. The van der Waals surface area contributed by atoms with Crippen LogP contribution in [0.4, 0.5) is 0 Å². The van der Waals surface area contributed by atoms with Crippen molar-refractivity contribution in [3.05, 3.63) is 65.7 Å². The van der Waals surface area contributed by atoms with Gasteiger partial charge in [0.1, 0.15) is 5.75 Å². The number of likely N-dealkylation sites (tertiary alicyclic amines) is 1. The lowest BCUT2D eigenvalue weighted by Crippen LogP contribution is -2.41. The van der Waals surface area contributed by atoms with Crippen LogP contribution in [0.15, 0.2) is 54.6 Å². The molecule has 1 fully saturated rings. The Labute approximate surface area is 170 Å². The monoisotopic (exact) mass is 381 g/mol. The highest BCUT2D eigenvalue weighted by atomic mass is 16.5. The molecule has 3 heteroatoms. The third kappa shape index (κ3) is 4.95. The second-order valence-electron chi connectivity index (χ2n) is 8.45. The lowest BCUT2D eigenvalue weighted by Gasteiger charge is -2.40. The molecule has 2 atom stereocenters. The Morgan fingerprint density at radius 1 is 1.00 bits per heavy atom. The molecular weight excluding hydrogens is 346 g/mol. The molecule has 1 heterocycles.